The van der Waals surface area contributed by atoms with Crippen molar-refractivity contribution in [1.82, 2.24) is 25.5 Å². The van der Waals surface area contributed by atoms with Gasteiger partial charge in [0.15, 0.2) is 0 Å². The van der Waals surface area contributed by atoms with Crippen LogP contribution in [-0.4, -0.2) is 64.9 Å². The zero-order chi connectivity index (χ0) is 18.3. The van der Waals surface area contributed by atoms with Gasteiger partial charge in [-0.05, 0) is 25.7 Å². The molecule has 1 aliphatic carbocycles. The van der Waals surface area contributed by atoms with Crippen molar-refractivity contribution in [2.45, 2.75) is 25.8 Å². The number of aryl methyl sites for hydroxylation is 1. The molecule has 4 rings (SSSR count). The third kappa shape index (κ3) is 3.47. The third-order valence-electron chi connectivity index (χ3n) is 5.25. The lowest BCUT2D eigenvalue weighted by atomic mass is 9.98. The molecular formula is C17H22N6O3. The number of urea groups is 1. The Kier molecular flexibility index (Phi) is 4.21. The van der Waals surface area contributed by atoms with Crippen LogP contribution in [0.4, 0.5) is 10.6 Å². The molecular weight excluding hydrogens is 336 g/mol. The van der Waals surface area contributed by atoms with Crippen molar-refractivity contribution in [2.75, 3.05) is 31.1 Å². The maximum Gasteiger partial charge on any atom is 0.325 e. The highest BCUT2D eigenvalue weighted by atomic mass is 16.2. The van der Waals surface area contributed by atoms with Crippen molar-refractivity contribution in [3.8, 4) is 0 Å². The molecule has 3 heterocycles. The van der Waals surface area contributed by atoms with Crippen LogP contribution in [-0.2, 0) is 9.59 Å². The number of rotatable bonds is 5. The maximum atomic E-state index is 12.4. The Hall–Kier alpha value is -2.71. The number of hydrogen-bond acceptors (Lipinski definition) is 6. The predicted octanol–water partition coefficient (Wildman–Crippen LogP) is -0.332. The molecule has 2 N–H and O–H groups in total. The molecule has 4 amide bonds. The summed E-state index contributed by atoms with van der Waals surface area (Å²) in [6.45, 7) is 3.32. The number of amides is 4. The Labute approximate surface area is 151 Å². The molecule has 0 radical (unpaired) electrons. The quantitative estimate of drug-likeness (QED) is 0.698. The first-order valence-corrected chi connectivity index (χ1v) is 8.91. The van der Waals surface area contributed by atoms with Gasteiger partial charge in [-0.1, -0.05) is 0 Å². The van der Waals surface area contributed by atoms with Gasteiger partial charge in [-0.3, -0.25) is 14.9 Å². The minimum Gasteiger partial charge on any atom is -0.354 e. The van der Waals surface area contributed by atoms with Crippen LogP contribution >= 0.6 is 0 Å². The fraction of sp³-hybridized carbons (Fsp3) is 0.588. The first kappa shape index (κ1) is 16.7. The van der Waals surface area contributed by atoms with E-state index in [1.807, 2.05) is 13.0 Å². The van der Waals surface area contributed by atoms with Gasteiger partial charge in [0.05, 0.1) is 6.04 Å². The average molecular weight is 358 g/mol. The average Bonchev–Trinajstić information content (AvgIpc) is 3.27. The first-order valence-electron chi connectivity index (χ1n) is 8.91. The lowest BCUT2D eigenvalue weighted by Gasteiger charge is -2.21. The number of hydrogen-bond donors (Lipinski definition) is 2. The molecule has 2 saturated heterocycles. The Morgan fingerprint density at radius 1 is 1.31 bits per heavy atom. The van der Waals surface area contributed by atoms with Crippen LogP contribution in [0.1, 0.15) is 18.5 Å². The molecule has 0 spiro atoms. The van der Waals surface area contributed by atoms with Crippen molar-refractivity contribution in [1.29, 1.82) is 0 Å². The normalized spacial score (nSPS) is 25.6. The van der Waals surface area contributed by atoms with Crippen LogP contribution in [0.2, 0.25) is 0 Å². The van der Waals surface area contributed by atoms with Crippen LogP contribution in [0.25, 0.3) is 0 Å². The van der Waals surface area contributed by atoms with Crippen LogP contribution in [0.3, 0.4) is 0 Å². The zero-order valence-electron chi connectivity index (χ0n) is 14.6. The molecule has 1 aromatic heterocycles. The lowest BCUT2D eigenvalue weighted by molar-refractivity contribution is -0.122. The number of imide groups is 1. The van der Waals surface area contributed by atoms with Gasteiger partial charge in [0, 0.05) is 30.8 Å². The van der Waals surface area contributed by atoms with Gasteiger partial charge in [0.1, 0.15) is 25.2 Å². The summed E-state index contributed by atoms with van der Waals surface area (Å²) in [6.07, 6.45) is 3.94. The maximum absolute atomic E-state index is 12.4. The van der Waals surface area contributed by atoms with Crippen molar-refractivity contribution in [3.63, 3.8) is 0 Å². The monoisotopic (exact) mass is 358 g/mol. The van der Waals surface area contributed by atoms with E-state index in [1.165, 1.54) is 17.7 Å². The van der Waals surface area contributed by atoms with Crippen LogP contribution in [0.15, 0.2) is 12.4 Å². The molecule has 0 bridgehead atoms. The van der Waals surface area contributed by atoms with Crippen LogP contribution < -0.4 is 15.5 Å². The Balaban J connectivity index is 1.40. The van der Waals surface area contributed by atoms with E-state index in [1.54, 1.807) is 6.33 Å². The van der Waals surface area contributed by atoms with Gasteiger partial charge in [-0.15, -0.1) is 0 Å². The molecule has 3 fully saturated rings. The van der Waals surface area contributed by atoms with E-state index in [4.69, 9.17) is 0 Å². The van der Waals surface area contributed by atoms with E-state index >= 15 is 0 Å². The minimum absolute atomic E-state index is 0.0200. The smallest absolute Gasteiger partial charge is 0.325 e. The molecule has 1 saturated carbocycles. The van der Waals surface area contributed by atoms with Gasteiger partial charge in [0.25, 0.3) is 0 Å². The molecule has 9 nitrogen and oxygen atoms in total. The summed E-state index contributed by atoms with van der Waals surface area (Å²) in [5.74, 6) is 1.29. The molecule has 26 heavy (non-hydrogen) atoms. The summed E-state index contributed by atoms with van der Waals surface area (Å²) < 4.78 is 0. The van der Waals surface area contributed by atoms with Gasteiger partial charge >= 0.3 is 6.03 Å². The number of carbonyl (C=O) groups excluding carboxylic acids is 3. The minimum atomic E-state index is -0.506. The number of anilines is 1. The van der Waals surface area contributed by atoms with Gasteiger partial charge in [-0.25, -0.2) is 14.8 Å². The summed E-state index contributed by atoms with van der Waals surface area (Å²) in [6, 6.07) is 1.47. The van der Waals surface area contributed by atoms with Crippen molar-refractivity contribution < 1.29 is 14.4 Å². The predicted molar refractivity (Wildman–Crippen MR) is 92.2 cm³/mol. The largest absolute Gasteiger partial charge is 0.354 e. The highest BCUT2D eigenvalue weighted by Crippen LogP contribution is 2.42. The molecule has 2 atom stereocenters. The molecule has 9 heteroatoms. The zero-order valence-corrected chi connectivity index (χ0v) is 14.6. The van der Waals surface area contributed by atoms with E-state index in [0.29, 0.717) is 18.4 Å². The Bertz CT molecular complexity index is 750. The first-order chi connectivity index (χ1) is 12.5. The standard InChI is InChI=1S/C17H22N6O3/c1-10-4-14(19-9-18-10)22-5-12(11-2-3-11)13(6-22)20-15(24)7-23-8-16(25)21-17(23)26/h4,9,11-13H,2-3,5-8H2,1H3,(H,20,24)(H,21,25,26)/t12-,13+/m1/s1. The summed E-state index contributed by atoms with van der Waals surface area (Å²) in [5.41, 5.74) is 0.912. The van der Waals surface area contributed by atoms with Crippen LogP contribution in [0, 0.1) is 18.8 Å². The second kappa shape index (κ2) is 6.54. The van der Waals surface area contributed by atoms with Gasteiger partial charge in [-0.2, -0.15) is 0 Å². The molecule has 0 unspecified atom stereocenters. The van der Waals surface area contributed by atoms with E-state index in [9.17, 15) is 14.4 Å². The summed E-state index contributed by atoms with van der Waals surface area (Å²) in [7, 11) is 0. The molecule has 0 aromatic carbocycles. The molecule has 2 aliphatic heterocycles. The highest BCUT2D eigenvalue weighted by Gasteiger charge is 2.43. The Morgan fingerprint density at radius 2 is 2.12 bits per heavy atom. The second-order valence-corrected chi connectivity index (χ2v) is 7.31. The van der Waals surface area contributed by atoms with E-state index < -0.39 is 6.03 Å². The van der Waals surface area contributed by atoms with Gasteiger partial charge < -0.3 is 15.1 Å². The van der Waals surface area contributed by atoms with E-state index in [-0.39, 0.29) is 30.9 Å². The van der Waals surface area contributed by atoms with Crippen molar-refractivity contribution in [3.05, 3.63) is 18.1 Å². The van der Waals surface area contributed by atoms with Gasteiger partial charge in [0.2, 0.25) is 11.8 Å². The van der Waals surface area contributed by atoms with Crippen LogP contribution in [0.5, 0.6) is 0 Å². The van der Waals surface area contributed by atoms with Crippen molar-refractivity contribution in [2.24, 2.45) is 11.8 Å². The summed E-state index contributed by atoms with van der Waals surface area (Å²) in [4.78, 5) is 47.2. The van der Waals surface area contributed by atoms with Crippen molar-refractivity contribution >= 4 is 23.7 Å². The fourth-order valence-corrected chi connectivity index (χ4v) is 3.82. The molecule has 1 aromatic rings. The highest BCUT2D eigenvalue weighted by molar-refractivity contribution is 6.03. The molecule has 3 aliphatic rings. The number of nitrogens with one attached hydrogen (secondary N) is 2. The summed E-state index contributed by atoms with van der Waals surface area (Å²) in [5, 5.41) is 5.25. The number of aromatic nitrogens is 2. The van der Waals surface area contributed by atoms with E-state index in [0.717, 1.165) is 18.1 Å². The topological polar surface area (TPSA) is 108 Å². The lowest BCUT2D eigenvalue weighted by Crippen LogP contribution is -2.46. The Morgan fingerprint density at radius 3 is 2.77 bits per heavy atom. The SMILES string of the molecule is Cc1cc(N2C[C@H](NC(=O)CN3CC(=O)NC3=O)[C@@H](C3CC3)C2)ncn1. The fourth-order valence-electron chi connectivity index (χ4n) is 3.82. The summed E-state index contributed by atoms with van der Waals surface area (Å²) >= 11 is 0. The third-order valence-corrected chi connectivity index (χ3v) is 5.25. The number of carbonyl (C=O) groups is 3. The second-order valence-electron chi connectivity index (χ2n) is 7.31. The van der Waals surface area contributed by atoms with E-state index in [2.05, 4.69) is 25.5 Å². The molecule has 138 valence electrons. The number of nitrogens with zero attached hydrogens (tertiary/aromatic N) is 4.